The van der Waals surface area contributed by atoms with Gasteiger partial charge in [0.2, 0.25) is 0 Å². The van der Waals surface area contributed by atoms with Crippen LogP contribution in [0.1, 0.15) is 22.8 Å². The van der Waals surface area contributed by atoms with Gasteiger partial charge >= 0.3 is 5.97 Å². The maximum Gasteiger partial charge on any atom is 0.326 e. The molecule has 0 aliphatic rings. The first-order valence-electron chi connectivity index (χ1n) is 8.19. The molecule has 0 N–H and O–H groups in total. The normalized spacial score (nSPS) is 11.8. The van der Waals surface area contributed by atoms with E-state index in [0.29, 0.717) is 15.4 Å². The summed E-state index contributed by atoms with van der Waals surface area (Å²) in [5.74, 6) is -0.774. The number of hydrogen-bond donors (Lipinski definition) is 0. The lowest BCUT2D eigenvalue weighted by Crippen LogP contribution is -2.23. The fourth-order valence-corrected chi connectivity index (χ4v) is 4.13. The average molecular weight is 468 g/mol. The quantitative estimate of drug-likeness (QED) is 0.521. The highest BCUT2D eigenvalue weighted by Gasteiger charge is 2.15. The van der Waals surface area contributed by atoms with Crippen molar-refractivity contribution in [2.24, 2.45) is 4.99 Å². The highest BCUT2D eigenvalue weighted by atomic mass is 79.9. The Kier molecular flexibility index (Phi) is 6.14. The molecule has 140 valence electrons. The maximum absolute atomic E-state index is 12.6. The van der Waals surface area contributed by atoms with Gasteiger partial charge in [-0.05, 0) is 55.8 Å². The lowest BCUT2D eigenvalue weighted by molar-refractivity contribution is -0.143. The molecule has 1 amide bonds. The zero-order valence-electron chi connectivity index (χ0n) is 14.7. The first-order chi connectivity index (χ1) is 12.9. The summed E-state index contributed by atoms with van der Waals surface area (Å²) >= 11 is 10.9. The molecule has 0 spiro atoms. The van der Waals surface area contributed by atoms with Crippen LogP contribution in [-0.4, -0.2) is 23.1 Å². The van der Waals surface area contributed by atoms with Crippen molar-refractivity contribution < 1.29 is 14.3 Å². The number of nitrogens with zero attached hydrogens (tertiary/aromatic N) is 2. The van der Waals surface area contributed by atoms with E-state index in [0.717, 1.165) is 20.3 Å². The Morgan fingerprint density at radius 3 is 2.59 bits per heavy atom. The minimum atomic E-state index is -0.394. The van der Waals surface area contributed by atoms with Gasteiger partial charge in [-0.2, -0.15) is 4.99 Å². The van der Waals surface area contributed by atoms with Crippen LogP contribution in [0.15, 0.2) is 45.9 Å². The molecule has 8 heteroatoms. The second-order valence-corrected chi connectivity index (χ2v) is 8.05. The topological polar surface area (TPSA) is 60.7 Å². The Hall–Kier alpha value is -1.96. The number of esters is 1. The molecule has 1 aromatic heterocycles. The van der Waals surface area contributed by atoms with Crippen molar-refractivity contribution in [3.05, 3.63) is 61.8 Å². The summed E-state index contributed by atoms with van der Waals surface area (Å²) in [6, 6.07) is 10.6. The summed E-state index contributed by atoms with van der Waals surface area (Å²) < 4.78 is 8.53. The summed E-state index contributed by atoms with van der Waals surface area (Å²) in [5.41, 5.74) is 2.07. The van der Waals surface area contributed by atoms with Gasteiger partial charge in [0, 0.05) is 15.1 Å². The number of hydrogen-bond acceptors (Lipinski definition) is 4. The van der Waals surface area contributed by atoms with E-state index in [4.69, 9.17) is 16.3 Å². The summed E-state index contributed by atoms with van der Waals surface area (Å²) in [7, 11) is 0. The molecule has 3 rings (SSSR count). The summed E-state index contributed by atoms with van der Waals surface area (Å²) in [5, 5.41) is 0.587. The lowest BCUT2D eigenvalue weighted by Gasteiger charge is -2.08. The number of carbonyl (C=O) groups is 2. The van der Waals surface area contributed by atoms with E-state index in [-0.39, 0.29) is 19.1 Å². The molecule has 27 heavy (non-hydrogen) atoms. The third-order valence-electron chi connectivity index (χ3n) is 3.91. The molecule has 5 nitrogen and oxygen atoms in total. The monoisotopic (exact) mass is 466 g/mol. The van der Waals surface area contributed by atoms with E-state index in [1.807, 2.05) is 13.0 Å². The number of ether oxygens (including phenoxy) is 1. The van der Waals surface area contributed by atoms with Gasteiger partial charge in [0.15, 0.2) is 4.80 Å². The molecule has 3 aromatic rings. The van der Waals surface area contributed by atoms with E-state index in [1.54, 1.807) is 41.8 Å². The number of amides is 1. The minimum absolute atomic E-state index is 0.0402. The third-order valence-corrected chi connectivity index (χ3v) is 5.89. The van der Waals surface area contributed by atoms with E-state index in [9.17, 15) is 9.59 Å². The Morgan fingerprint density at radius 1 is 1.22 bits per heavy atom. The molecule has 1 heterocycles. The fraction of sp³-hybridized carbons (Fsp3) is 0.211. The van der Waals surface area contributed by atoms with E-state index < -0.39 is 5.97 Å². The van der Waals surface area contributed by atoms with Crippen LogP contribution >= 0.6 is 38.9 Å². The summed E-state index contributed by atoms with van der Waals surface area (Å²) in [4.78, 5) is 29.4. The number of benzene rings is 2. The van der Waals surface area contributed by atoms with Gasteiger partial charge in [-0.3, -0.25) is 9.59 Å². The largest absolute Gasteiger partial charge is 0.465 e. The molecule has 0 atom stereocenters. The standard InChI is InChI=1S/C19H16BrClN2O3S/c1-3-26-16(24)10-23-17-11(2)14(21)8-9-15(17)27-19(23)22-18(25)12-4-6-13(20)7-5-12/h4-9H,3,10H2,1-2H3. The molecule has 0 saturated heterocycles. The number of aryl methyl sites for hydroxylation is 1. The van der Waals surface area contributed by atoms with Gasteiger partial charge in [-0.15, -0.1) is 0 Å². The van der Waals surface area contributed by atoms with Crippen molar-refractivity contribution in [3.63, 3.8) is 0 Å². The number of fused-ring (bicyclic) bond motifs is 1. The molecule has 0 aliphatic carbocycles. The molecular formula is C19H16BrClN2O3S. The van der Waals surface area contributed by atoms with Crippen LogP contribution in [0.5, 0.6) is 0 Å². The summed E-state index contributed by atoms with van der Waals surface area (Å²) in [6.07, 6.45) is 0. The van der Waals surface area contributed by atoms with Crippen LogP contribution in [-0.2, 0) is 16.1 Å². The van der Waals surface area contributed by atoms with Gasteiger partial charge < -0.3 is 9.30 Å². The first-order valence-corrected chi connectivity index (χ1v) is 10.2. The van der Waals surface area contributed by atoms with Crippen LogP contribution in [0.3, 0.4) is 0 Å². The number of aromatic nitrogens is 1. The Balaban J connectivity index is 2.16. The maximum atomic E-state index is 12.6. The molecule has 2 aromatic carbocycles. The molecule has 0 unspecified atom stereocenters. The summed E-state index contributed by atoms with van der Waals surface area (Å²) in [6.45, 7) is 3.87. The molecular weight excluding hydrogens is 452 g/mol. The predicted octanol–water partition coefficient (Wildman–Crippen LogP) is 4.73. The van der Waals surface area contributed by atoms with E-state index in [2.05, 4.69) is 20.9 Å². The van der Waals surface area contributed by atoms with Gasteiger partial charge in [0.1, 0.15) is 6.54 Å². The first kappa shape index (κ1) is 19.8. The number of rotatable bonds is 4. The Morgan fingerprint density at radius 2 is 1.93 bits per heavy atom. The number of halogens is 2. The molecule has 0 bridgehead atoms. The minimum Gasteiger partial charge on any atom is -0.465 e. The van der Waals surface area contributed by atoms with Crippen LogP contribution < -0.4 is 4.80 Å². The average Bonchev–Trinajstić information content (AvgIpc) is 2.97. The Labute approximate surface area is 173 Å². The van der Waals surface area contributed by atoms with E-state index >= 15 is 0 Å². The lowest BCUT2D eigenvalue weighted by atomic mass is 10.2. The highest BCUT2D eigenvalue weighted by Crippen LogP contribution is 2.27. The van der Waals surface area contributed by atoms with Crippen LogP contribution in [0, 0.1) is 6.92 Å². The third kappa shape index (κ3) is 4.31. The second kappa shape index (κ2) is 8.37. The van der Waals surface area contributed by atoms with Crippen LogP contribution in [0.4, 0.5) is 0 Å². The van der Waals surface area contributed by atoms with Crippen molar-refractivity contribution in [2.75, 3.05) is 6.61 Å². The Bertz CT molecular complexity index is 1090. The number of thiazole rings is 1. The number of carbonyl (C=O) groups excluding carboxylic acids is 2. The predicted molar refractivity (Wildman–Crippen MR) is 110 cm³/mol. The molecule has 0 fully saturated rings. The van der Waals surface area contributed by atoms with Gasteiger partial charge in [0.05, 0.1) is 16.8 Å². The van der Waals surface area contributed by atoms with Gasteiger partial charge in [-0.25, -0.2) is 0 Å². The molecule has 0 radical (unpaired) electrons. The van der Waals surface area contributed by atoms with Gasteiger partial charge in [-0.1, -0.05) is 38.9 Å². The zero-order valence-corrected chi connectivity index (χ0v) is 17.8. The fourth-order valence-electron chi connectivity index (χ4n) is 2.63. The molecule has 0 saturated carbocycles. The second-order valence-electron chi connectivity index (χ2n) is 5.72. The SMILES string of the molecule is CCOC(=O)Cn1c(=NC(=O)c2ccc(Br)cc2)sc2ccc(Cl)c(C)c21. The zero-order chi connectivity index (χ0) is 19.6. The van der Waals surface area contributed by atoms with Crippen LogP contribution in [0.25, 0.3) is 10.2 Å². The van der Waals surface area contributed by atoms with Crippen molar-refractivity contribution in [3.8, 4) is 0 Å². The van der Waals surface area contributed by atoms with Crippen molar-refractivity contribution >= 4 is 61.0 Å². The van der Waals surface area contributed by atoms with Gasteiger partial charge in [0.25, 0.3) is 5.91 Å². The van der Waals surface area contributed by atoms with Crippen molar-refractivity contribution in [1.29, 1.82) is 0 Å². The van der Waals surface area contributed by atoms with Crippen LogP contribution in [0.2, 0.25) is 5.02 Å². The smallest absolute Gasteiger partial charge is 0.326 e. The van der Waals surface area contributed by atoms with Crippen molar-refractivity contribution in [1.82, 2.24) is 4.57 Å². The highest BCUT2D eigenvalue weighted by molar-refractivity contribution is 9.10. The van der Waals surface area contributed by atoms with E-state index in [1.165, 1.54) is 11.3 Å². The van der Waals surface area contributed by atoms with Crippen molar-refractivity contribution in [2.45, 2.75) is 20.4 Å². The molecule has 0 aliphatic heterocycles.